The molecule has 1 nitrogen and oxygen atoms in total. The highest BCUT2D eigenvalue weighted by Crippen LogP contribution is 2.64. The predicted octanol–water partition coefficient (Wildman–Crippen LogP) is 12.5. The lowest BCUT2D eigenvalue weighted by Gasteiger charge is -2.30. The maximum absolute atomic E-state index is 2.56. The van der Waals surface area contributed by atoms with E-state index in [0.29, 0.717) is 0 Å². The third-order valence-electron chi connectivity index (χ3n) is 11.2. The molecule has 0 bridgehead atoms. The van der Waals surface area contributed by atoms with Crippen LogP contribution in [-0.4, -0.2) is 4.57 Å². The first-order valence-electron chi connectivity index (χ1n) is 17.5. The molecule has 0 saturated heterocycles. The smallest absolute Gasteiger partial charge is 0.0726 e. The molecule has 8 aromatic carbocycles. The van der Waals surface area contributed by atoms with Crippen LogP contribution in [0.3, 0.4) is 0 Å². The topological polar surface area (TPSA) is 4.93 Å². The summed E-state index contributed by atoms with van der Waals surface area (Å²) >= 11 is 0. The third-order valence-corrected chi connectivity index (χ3v) is 11.2. The van der Waals surface area contributed by atoms with Crippen LogP contribution >= 0.6 is 0 Å². The lowest BCUT2D eigenvalue weighted by Crippen LogP contribution is -2.25. The van der Waals surface area contributed by atoms with Crippen molar-refractivity contribution in [3.8, 4) is 50.2 Å². The van der Waals surface area contributed by atoms with E-state index in [1.165, 1.54) is 94.3 Å². The van der Waals surface area contributed by atoms with Crippen LogP contribution in [-0.2, 0) is 5.41 Å². The van der Waals surface area contributed by atoms with E-state index in [1.54, 1.807) is 0 Å². The molecule has 0 saturated carbocycles. The molecule has 1 heterocycles. The second-order valence-electron chi connectivity index (χ2n) is 13.6. The molecule has 0 aliphatic heterocycles. The van der Waals surface area contributed by atoms with Gasteiger partial charge in [-0.25, -0.2) is 0 Å². The van der Waals surface area contributed by atoms with Crippen molar-refractivity contribution in [1.82, 2.24) is 4.57 Å². The SMILES string of the molecule is c1ccc(-c2ccc3c(c2)c2ccc4c(c2n3-c2ccccc2-c2ccccc2)-c2ccccc2C42c3ccccc3-c3ccccc32)cc1. The van der Waals surface area contributed by atoms with Crippen molar-refractivity contribution in [2.45, 2.75) is 5.41 Å². The van der Waals surface area contributed by atoms with Gasteiger partial charge in [0, 0.05) is 21.9 Å². The Balaban J connectivity index is 1.33. The molecule has 50 heavy (non-hydrogen) atoms. The minimum absolute atomic E-state index is 0.400. The van der Waals surface area contributed by atoms with Crippen molar-refractivity contribution in [3.63, 3.8) is 0 Å². The standard InChI is InChI=1S/C49H31N/c1-3-15-32(16-4-1)34-27-30-46-40(31-34)38-28-29-44-47(48(38)50(46)45-26-14-10-19-35(45)33-17-5-2-6-18-33)39-22-9-13-25-43(39)49(44)41-23-11-7-20-36(41)37-21-8-12-24-42(37)49/h1-31H. The zero-order valence-corrected chi connectivity index (χ0v) is 27.3. The van der Waals surface area contributed by atoms with Gasteiger partial charge < -0.3 is 4.57 Å². The number of nitrogens with zero attached hydrogens (tertiary/aromatic N) is 1. The molecule has 11 rings (SSSR count). The fourth-order valence-electron chi connectivity index (χ4n) is 9.27. The lowest BCUT2D eigenvalue weighted by molar-refractivity contribution is 0.794. The molecule has 1 spiro atoms. The molecular formula is C49H31N. The van der Waals surface area contributed by atoms with E-state index in [1.807, 2.05) is 0 Å². The summed E-state index contributed by atoms with van der Waals surface area (Å²) in [4.78, 5) is 0. The third kappa shape index (κ3) is 3.51. The summed E-state index contributed by atoms with van der Waals surface area (Å²) in [6.07, 6.45) is 0. The Morgan fingerprint density at radius 2 is 0.880 bits per heavy atom. The molecule has 0 radical (unpaired) electrons. The Bertz CT molecular complexity index is 2760. The highest BCUT2D eigenvalue weighted by Gasteiger charge is 2.52. The quantitative estimate of drug-likeness (QED) is 0.182. The largest absolute Gasteiger partial charge is 0.308 e. The van der Waals surface area contributed by atoms with Crippen molar-refractivity contribution in [3.05, 3.63) is 210 Å². The Morgan fingerprint density at radius 1 is 0.340 bits per heavy atom. The second kappa shape index (κ2) is 10.3. The van der Waals surface area contributed by atoms with Crippen molar-refractivity contribution in [2.24, 2.45) is 0 Å². The normalized spacial score (nSPS) is 13.4. The number of fused-ring (bicyclic) bond motifs is 14. The molecule has 0 unspecified atom stereocenters. The first kappa shape index (κ1) is 27.5. The van der Waals surface area contributed by atoms with Crippen LogP contribution in [0, 0.1) is 0 Å². The average molecular weight is 634 g/mol. The molecule has 232 valence electrons. The van der Waals surface area contributed by atoms with Gasteiger partial charge in [-0.15, -0.1) is 0 Å². The van der Waals surface area contributed by atoms with Gasteiger partial charge in [-0.05, 0) is 73.8 Å². The van der Waals surface area contributed by atoms with Crippen LogP contribution in [0.25, 0.3) is 72.0 Å². The summed E-state index contributed by atoms with van der Waals surface area (Å²) in [7, 11) is 0. The number of aromatic nitrogens is 1. The number of rotatable bonds is 3. The Morgan fingerprint density at radius 3 is 1.56 bits per heavy atom. The molecule has 2 aliphatic carbocycles. The minimum Gasteiger partial charge on any atom is -0.308 e. The highest BCUT2D eigenvalue weighted by molar-refractivity contribution is 6.17. The van der Waals surface area contributed by atoms with E-state index < -0.39 is 5.41 Å². The van der Waals surface area contributed by atoms with Gasteiger partial charge in [-0.3, -0.25) is 0 Å². The van der Waals surface area contributed by atoms with Gasteiger partial charge in [-0.2, -0.15) is 0 Å². The maximum Gasteiger partial charge on any atom is 0.0726 e. The zero-order valence-electron chi connectivity index (χ0n) is 27.3. The summed E-state index contributed by atoms with van der Waals surface area (Å²) in [5.41, 5.74) is 18.9. The molecule has 0 fully saturated rings. The van der Waals surface area contributed by atoms with E-state index in [2.05, 4.69) is 193 Å². The fourth-order valence-corrected chi connectivity index (χ4v) is 9.27. The summed E-state index contributed by atoms with van der Waals surface area (Å²) < 4.78 is 2.56. The van der Waals surface area contributed by atoms with E-state index in [4.69, 9.17) is 0 Å². The molecule has 2 aliphatic rings. The predicted molar refractivity (Wildman–Crippen MR) is 208 cm³/mol. The van der Waals surface area contributed by atoms with Crippen molar-refractivity contribution in [2.75, 3.05) is 0 Å². The van der Waals surface area contributed by atoms with Gasteiger partial charge in [0.1, 0.15) is 0 Å². The molecule has 9 aromatic rings. The Kier molecular flexibility index (Phi) is 5.66. The summed E-state index contributed by atoms with van der Waals surface area (Å²) in [5.74, 6) is 0. The average Bonchev–Trinajstić information content (AvgIpc) is 3.80. The van der Waals surface area contributed by atoms with Crippen molar-refractivity contribution < 1.29 is 0 Å². The Labute approximate surface area is 291 Å². The molecule has 0 amide bonds. The number of hydrogen-bond acceptors (Lipinski definition) is 0. The maximum atomic E-state index is 2.56. The summed E-state index contributed by atoms with van der Waals surface area (Å²) in [6.45, 7) is 0. The molecule has 1 aromatic heterocycles. The van der Waals surface area contributed by atoms with Gasteiger partial charge >= 0.3 is 0 Å². The van der Waals surface area contributed by atoms with Gasteiger partial charge in [0.2, 0.25) is 0 Å². The van der Waals surface area contributed by atoms with Crippen LogP contribution in [0.4, 0.5) is 0 Å². The number of hydrogen-bond donors (Lipinski definition) is 0. The molecule has 0 N–H and O–H groups in total. The fraction of sp³-hybridized carbons (Fsp3) is 0.0204. The van der Waals surface area contributed by atoms with Gasteiger partial charge in [0.25, 0.3) is 0 Å². The van der Waals surface area contributed by atoms with Crippen LogP contribution in [0.1, 0.15) is 22.3 Å². The molecule has 1 heteroatoms. The molecular weight excluding hydrogens is 603 g/mol. The van der Waals surface area contributed by atoms with E-state index in [0.717, 1.165) is 0 Å². The van der Waals surface area contributed by atoms with Gasteiger partial charge in [0.15, 0.2) is 0 Å². The van der Waals surface area contributed by atoms with Crippen LogP contribution in [0.15, 0.2) is 188 Å². The minimum atomic E-state index is -0.400. The lowest BCUT2D eigenvalue weighted by atomic mass is 9.70. The van der Waals surface area contributed by atoms with Gasteiger partial charge in [-0.1, -0.05) is 170 Å². The van der Waals surface area contributed by atoms with E-state index in [-0.39, 0.29) is 0 Å². The van der Waals surface area contributed by atoms with Crippen molar-refractivity contribution >= 4 is 21.8 Å². The van der Waals surface area contributed by atoms with Crippen molar-refractivity contribution in [1.29, 1.82) is 0 Å². The van der Waals surface area contributed by atoms with E-state index >= 15 is 0 Å². The van der Waals surface area contributed by atoms with Crippen LogP contribution in [0.5, 0.6) is 0 Å². The first-order chi connectivity index (χ1) is 24.8. The zero-order chi connectivity index (χ0) is 32.8. The summed E-state index contributed by atoms with van der Waals surface area (Å²) in [5, 5.41) is 2.53. The first-order valence-corrected chi connectivity index (χ1v) is 17.5. The monoisotopic (exact) mass is 633 g/mol. The Hall–Kier alpha value is -6.44. The van der Waals surface area contributed by atoms with E-state index in [9.17, 15) is 0 Å². The van der Waals surface area contributed by atoms with Crippen LogP contribution in [0.2, 0.25) is 0 Å². The molecule has 0 atom stereocenters. The summed E-state index contributed by atoms with van der Waals surface area (Å²) in [6, 6.07) is 69.6. The number of benzene rings is 8. The number of para-hydroxylation sites is 1. The van der Waals surface area contributed by atoms with Gasteiger partial charge in [0.05, 0.1) is 22.1 Å². The van der Waals surface area contributed by atoms with Crippen LogP contribution < -0.4 is 0 Å². The highest BCUT2D eigenvalue weighted by atomic mass is 15.0. The second-order valence-corrected chi connectivity index (χ2v) is 13.6.